The Hall–Kier alpha value is -1.81. The quantitative estimate of drug-likeness (QED) is 0.878. The summed E-state index contributed by atoms with van der Waals surface area (Å²) in [6, 6.07) is 8.35. The predicted octanol–water partition coefficient (Wildman–Crippen LogP) is 3.77. The number of carbonyl (C=O) groups is 1. The number of hydrogen-bond donors (Lipinski definition) is 1. The third kappa shape index (κ3) is 2.41. The van der Waals surface area contributed by atoms with Crippen LogP contribution < -0.4 is 0 Å². The molecule has 1 saturated heterocycles. The van der Waals surface area contributed by atoms with E-state index in [0.717, 1.165) is 30.4 Å². The summed E-state index contributed by atoms with van der Waals surface area (Å²) in [5.74, 6) is 0.282. The molecule has 2 heterocycles. The largest absolute Gasteiger partial charge is 0.461 e. The summed E-state index contributed by atoms with van der Waals surface area (Å²) in [6.45, 7) is 3.07. The van der Waals surface area contributed by atoms with Crippen LogP contribution in [0, 0.1) is 0 Å². The molecule has 2 aliphatic rings. The molecule has 1 N–H and O–H groups in total. The Morgan fingerprint density at radius 2 is 2.27 bits per heavy atom. The average Bonchev–Trinajstić information content (AvgIpc) is 3.13. The fourth-order valence-corrected chi connectivity index (χ4v) is 3.52. The Labute approximate surface area is 129 Å². The van der Waals surface area contributed by atoms with Crippen LogP contribution in [-0.4, -0.2) is 29.8 Å². The van der Waals surface area contributed by atoms with Gasteiger partial charge in [0.15, 0.2) is 0 Å². The van der Waals surface area contributed by atoms with Gasteiger partial charge in [-0.1, -0.05) is 6.07 Å². The van der Waals surface area contributed by atoms with Gasteiger partial charge in [0, 0.05) is 17.5 Å². The molecule has 1 atom stereocenters. The van der Waals surface area contributed by atoms with E-state index in [4.69, 9.17) is 9.47 Å². The first-order chi connectivity index (χ1) is 10.7. The summed E-state index contributed by atoms with van der Waals surface area (Å²) in [5, 5.41) is 1.08. The summed E-state index contributed by atoms with van der Waals surface area (Å²) in [7, 11) is 0. The van der Waals surface area contributed by atoms with Crippen molar-refractivity contribution in [2.45, 2.75) is 44.1 Å². The van der Waals surface area contributed by atoms with Crippen molar-refractivity contribution in [3.8, 4) is 0 Å². The molecule has 1 aromatic heterocycles. The molecular formula is C18H21NO3. The minimum atomic E-state index is -0.289. The summed E-state index contributed by atoms with van der Waals surface area (Å²) >= 11 is 0. The Morgan fingerprint density at radius 1 is 1.41 bits per heavy atom. The van der Waals surface area contributed by atoms with Crippen LogP contribution in [0.15, 0.2) is 24.3 Å². The molecule has 1 aliphatic carbocycles. The molecule has 0 amide bonds. The van der Waals surface area contributed by atoms with Crippen LogP contribution >= 0.6 is 0 Å². The molecule has 4 nitrogen and oxygen atoms in total. The molecule has 116 valence electrons. The molecule has 1 saturated carbocycles. The highest BCUT2D eigenvalue weighted by Crippen LogP contribution is 2.50. The highest BCUT2D eigenvalue weighted by atomic mass is 16.5. The Bertz CT molecular complexity index is 714. The third-order valence-corrected chi connectivity index (χ3v) is 4.91. The van der Waals surface area contributed by atoms with Gasteiger partial charge in [-0.3, -0.25) is 0 Å². The molecular weight excluding hydrogens is 278 g/mol. The van der Waals surface area contributed by atoms with E-state index in [1.807, 2.05) is 13.0 Å². The number of nitrogens with one attached hydrogen (secondary N) is 1. The van der Waals surface area contributed by atoms with Gasteiger partial charge in [0.05, 0.1) is 12.2 Å². The Balaban J connectivity index is 1.61. The molecule has 2 aromatic rings. The van der Waals surface area contributed by atoms with Gasteiger partial charge in [0.25, 0.3) is 0 Å². The second kappa shape index (κ2) is 5.13. The number of hydrogen-bond acceptors (Lipinski definition) is 3. The van der Waals surface area contributed by atoms with Crippen molar-refractivity contribution in [1.82, 2.24) is 4.98 Å². The summed E-state index contributed by atoms with van der Waals surface area (Å²) in [4.78, 5) is 15.0. The van der Waals surface area contributed by atoms with Gasteiger partial charge >= 0.3 is 5.97 Å². The minimum absolute atomic E-state index is 0.187. The zero-order valence-corrected chi connectivity index (χ0v) is 12.9. The monoisotopic (exact) mass is 299 g/mol. The van der Waals surface area contributed by atoms with Crippen molar-refractivity contribution < 1.29 is 14.3 Å². The lowest BCUT2D eigenvalue weighted by Crippen LogP contribution is -2.25. The maximum Gasteiger partial charge on any atom is 0.354 e. The predicted molar refractivity (Wildman–Crippen MR) is 84.1 cm³/mol. The molecule has 1 aliphatic heterocycles. The van der Waals surface area contributed by atoms with E-state index >= 15 is 0 Å². The second-order valence-corrected chi connectivity index (χ2v) is 6.47. The number of benzene rings is 1. The number of aromatic amines is 1. The lowest BCUT2D eigenvalue weighted by Gasteiger charge is -2.30. The van der Waals surface area contributed by atoms with Crippen LogP contribution in [0.25, 0.3) is 10.9 Å². The molecule has 2 fully saturated rings. The number of ether oxygens (including phenoxy) is 2. The molecule has 0 bridgehead atoms. The number of fused-ring (bicyclic) bond motifs is 1. The van der Waals surface area contributed by atoms with Crippen LogP contribution in [0.1, 0.15) is 54.6 Å². The Kier molecular flexibility index (Phi) is 3.22. The SMILES string of the molecule is CCOC(=O)c1cc2cc(C3CCOC4(CC4)C3)ccc2[nH]1. The number of H-pyrrole nitrogens is 1. The first-order valence-corrected chi connectivity index (χ1v) is 8.13. The fourth-order valence-electron chi connectivity index (χ4n) is 3.52. The highest BCUT2D eigenvalue weighted by molar-refractivity contribution is 5.95. The summed E-state index contributed by atoms with van der Waals surface area (Å²) in [5.41, 5.74) is 3.06. The first-order valence-electron chi connectivity index (χ1n) is 8.13. The maximum atomic E-state index is 11.8. The van der Waals surface area contributed by atoms with Crippen molar-refractivity contribution in [3.05, 3.63) is 35.5 Å². The van der Waals surface area contributed by atoms with Crippen molar-refractivity contribution >= 4 is 16.9 Å². The number of rotatable bonds is 3. The van der Waals surface area contributed by atoms with Gasteiger partial charge in [-0.15, -0.1) is 0 Å². The lowest BCUT2D eigenvalue weighted by atomic mass is 9.87. The normalized spacial score (nSPS) is 22.9. The van der Waals surface area contributed by atoms with Gasteiger partial charge in [-0.05, 0) is 62.3 Å². The molecule has 22 heavy (non-hydrogen) atoms. The maximum absolute atomic E-state index is 11.8. The lowest BCUT2D eigenvalue weighted by molar-refractivity contribution is -0.0132. The van der Waals surface area contributed by atoms with E-state index in [-0.39, 0.29) is 11.6 Å². The second-order valence-electron chi connectivity index (χ2n) is 6.47. The topological polar surface area (TPSA) is 51.3 Å². The van der Waals surface area contributed by atoms with E-state index in [9.17, 15) is 4.79 Å². The highest BCUT2D eigenvalue weighted by Gasteiger charge is 2.47. The molecule has 4 heteroatoms. The van der Waals surface area contributed by atoms with Gasteiger partial charge in [-0.2, -0.15) is 0 Å². The standard InChI is InChI=1S/C18H21NO3/c1-2-21-17(20)16-10-14-9-12(3-4-15(14)19-16)13-5-8-22-18(11-13)6-7-18/h3-4,9-10,13,19H,2,5-8,11H2,1H3. The Morgan fingerprint density at radius 3 is 3.05 bits per heavy atom. The van der Waals surface area contributed by atoms with Gasteiger partial charge in [-0.25, -0.2) is 4.79 Å². The van der Waals surface area contributed by atoms with Crippen molar-refractivity contribution in [3.63, 3.8) is 0 Å². The molecule has 0 radical (unpaired) electrons. The van der Waals surface area contributed by atoms with Crippen LogP contribution in [0.2, 0.25) is 0 Å². The first kappa shape index (κ1) is 13.8. The molecule has 1 spiro atoms. The molecule has 1 unspecified atom stereocenters. The minimum Gasteiger partial charge on any atom is -0.461 e. The van der Waals surface area contributed by atoms with E-state index in [0.29, 0.717) is 18.2 Å². The number of aromatic nitrogens is 1. The molecule has 4 rings (SSSR count). The third-order valence-electron chi connectivity index (χ3n) is 4.91. The van der Waals surface area contributed by atoms with Crippen LogP contribution in [0.3, 0.4) is 0 Å². The van der Waals surface area contributed by atoms with Gasteiger partial charge in [0.2, 0.25) is 0 Å². The van der Waals surface area contributed by atoms with E-state index in [2.05, 4.69) is 23.2 Å². The van der Waals surface area contributed by atoms with Gasteiger partial charge in [0.1, 0.15) is 5.69 Å². The van der Waals surface area contributed by atoms with E-state index in [1.54, 1.807) is 0 Å². The van der Waals surface area contributed by atoms with Crippen molar-refractivity contribution in [1.29, 1.82) is 0 Å². The van der Waals surface area contributed by atoms with Crippen molar-refractivity contribution in [2.75, 3.05) is 13.2 Å². The van der Waals surface area contributed by atoms with Crippen LogP contribution in [-0.2, 0) is 9.47 Å². The summed E-state index contributed by atoms with van der Waals surface area (Å²) in [6.07, 6.45) is 4.64. The zero-order chi connectivity index (χ0) is 15.2. The number of esters is 1. The van der Waals surface area contributed by atoms with E-state index < -0.39 is 0 Å². The smallest absolute Gasteiger partial charge is 0.354 e. The van der Waals surface area contributed by atoms with E-state index in [1.165, 1.54) is 18.4 Å². The van der Waals surface area contributed by atoms with Crippen molar-refractivity contribution in [2.24, 2.45) is 0 Å². The fraction of sp³-hybridized carbons (Fsp3) is 0.500. The zero-order valence-electron chi connectivity index (χ0n) is 12.9. The van der Waals surface area contributed by atoms with Crippen LogP contribution in [0.5, 0.6) is 0 Å². The van der Waals surface area contributed by atoms with Gasteiger partial charge < -0.3 is 14.5 Å². The van der Waals surface area contributed by atoms with Crippen LogP contribution in [0.4, 0.5) is 0 Å². The number of carbonyl (C=O) groups excluding carboxylic acids is 1. The average molecular weight is 299 g/mol. The summed E-state index contributed by atoms with van der Waals surface area (Å²) < 4.78 is 11.0. The molecule has 1 aromatic carbocycles.